The third kappa shape index (κ3) is 2.70. The third-order valence-electron chi connectivity index (χ3n) is 2.87. The quantitative estimate of drug-likeness (QED) is 0.643. The second kappa shape index (κ2) is 5.08. The summed E-state index contributed by atoms with van der Waals surface area (Å²) in [7, 11) is 0. The molecule has 17 heavy (non-hydrogen) atoms. The van der Waals surface area contributed by atoms with Crippen LogP contribution >= 0.6 is 0 Å². The molecule has 0 aromatic heterocycles. The largest absolute Gasteiger partial charge is 0.488 e. The highest BCUT2D eigenvalue weighted by Gasteiger charge is 2.20. The number of carbonyl (C=O) groups excluding carboxylic acids is 1. The van der Waals surface area contributed by atoms with Gasteiger partial charge in [0.2, 0.25) is 0 Å². The molecule has 1 fully saturated rings. The number of ether oxygens (including phenoxy) is 2. The molecule has 0 bridgehead atoms. The van der Waals surface area contributed by atoms with Gasteiger partial charge in [0.25, 0.3) is 0 Å². The Balaban J connectivity index is 2.13. The average Bonchev–Trinajstić information content (AvgIpc) is 2.25. The number of anilines is 1. The third-order valence-corrected chi connectivity index (χ3v) is 2.87. The van der Waals surface area contributed by atoms with Crippen molar-refractivity contribution in [3.8, 4) is 5.75 Å². The fraction of sp³-hybridized carbons (Fsp3) is 0.462. The van der Waals surface area contributed by atoms with Crippen molar-refractivity contribution in [3.05, 3.63) is 23.8 Å². The lowest BCUT2D eigenvalue weighted by molar-refractivity contribution is 0.0525. The van der Waals surface area contributed by atoms with Crippen LogP contribution in [0.25, 0.3) is 0 Å². The maximum Gasteiger partial charge on any atom is 0.338 e. The Kier molecular flexibility index (Phi) is 3.52. The summed E-state index contributed by atoms with van der Waals surface area (Å²) in [6.45, 7) is 2.14. The molecule has 0 unspecified atom stereocenters. The molecule has 0 spiro atoms. The van der Waals surface area contributed by atoms with Crippen molar-refractivity contribution in [1.29, 1.82) is 0 Å². The van der Waals surface area contributed by atoms with Crippen molar-refractivity contribution < 1.29 is 14.3 Å². The van der Waals surface area contributed by atoms with Crippen molar-refractivity contribution in [1.82, 2.24) is 0 Å². The van der Waals surface area contributed by atoms with Crippen molar-refractivity contribution >= 4 is 11.7 Å². The maximum absolute atomic E-state index is 11.6. The molecule has 0 heterocycles. The van der Waals surface area contributed by atoms with E-state index in [0.29, 0.717) is 23.6 Å². The number of rotatable bonds is 4. The Morgan fingerprint density at radius 2 is 2.24 bits per heavy atom. The van der Waals surface area contributed by atoms with Crippen LogP contribution in [0.4, 0.5) is 5.69 Å². The monoisotopic (exact) mass is 235 g/mol. The van der Waals surface area contributed by atoms with Gasteiger partial charge in [-0.1, -0.05) is 0 Å². The minimum atomic E-state index is -0.342. The normalized spacial score (nSPS) is 15.1. The smallest absolute Gasteiger partial charge is 0.338 e. The zero-order valence-electron chi connectivity index (χ0n) is 9.94. The van der Waals surface area contributed by atoms with Crippen LogP contribution in [-0.4, -0.2) is 18.7 Å². The van der Waals surface area contributed by atoms with Crippen LogP contribution in [0, 0.1) is 0 Å². The van der Waals surface area contributed by atoms with Crippen LogP contribution in [0.2, 0.25) is 0 Å². The first-order valence-corrected chi connectivity index (χ1v) is 5.94. The first kappa shape index (κ1) is 11.8. The lowest BCUT2D eigenvalue weighted by Gasteiger charge is -2.27. The first-order valence-electron chi connectivity index (χ1n) is 5.94. The van der Waals surface area contributed by atoms with Crippen LogP contribution in [0.3, 0.4) is 0 Å². The van der Waals surface area contributed by atoms with E-state index in [1.165, 1.54) is 6.42 Å². The number of hydrogen-bond donors (Lipinski definition) is 1. The summed E-state index contributed by atoms with van der Waals surface area (Å²) in [6, 6.07) is 4.99. The van der Waals surface area contributed by atoms with Crippen molar-refractivity contribution in [2.45, 2.75) is 32.3 Å². The van der Waals surface area contributed by atoms with Crippen molar-refractivity contribution in [3.63, 3.8) is 0 Å². The van der Waals surface area contributed by atoms with E-state index in [1.807, 2.05) is 0 Å². The molecule has 0 atom stereocenters. The van der Waals surface area contributed by atoms with Gasteiger partial charge >= 0.3 is 5.97 Å². The summed E-state index contributed by atoms with van der Waals surface area (Å²) < 4.78 is 10.7. The van der Waals surface area contributed by atoms with E-state index < -0.39 is 0 Å². The van der Waals surface area contributed by atoms with Crippen molar-refractivity contribution in [2.24, 2.45) is 0 Å². The predicted molar refractivity (Wildman–Crippen MR) is 65.1 cm³/mol. The molecule has 92 valence electrons. The highest BCUT2D eigenvalue weighted by atomic mass is 16.5. The number of esters is 1. The molecule has 2 N–H and O–H groups in total. The Labute approximate surface area is 101 Å². The highest BCUT2D eigenvalue weighted by Crippen LogP contribution is 2.30. The number of hydrogen-bond acceptors (Lipinski definition) is 4. The van der Waals surface area contributed by atoms with Gasteiger partial charge < -0.3 is 15.2 Å². The van der Waals surface area contributed by atoms with Gasteiger partial charge in [-0.3, -0.25) is 0 Å². The van der Waals surface area contributed by atoms with E-state index in [9.17, 15) is 4.79 Å². The van der Waals surface area contributed by atoms with Gasteiger partial charge in [0.1, 0.15) is 5.75 Å². The molecule has 0 amide bonds. The zero-order valence-corrected chi connectivity index (χ0v) is 9.94. The van der Waals surface area contributed by atoms with Crippen LogP contribution < -0.4 is 10.5 Å². The first-order chi connectivity index (χ1) is 8.20. The second-order valence-electron chi connectivity index (χ2n) is 4.14. The van der Waals surface area contributed by atoms with Gasteiger partial charge in [0, 0.05) is 0 Å². The number of benzene rings is 1. The maximum atomic E-state index is 11.6. The minimum absolute atomic E-state index is 0.245. The van der Waals surface area contributed by atoms with Crippen LogP contribution in [0.1, 0.15) is 36.5 Å². The molecule has 0 aliphatic heterocycles. The summed E-state index contributed by atoms with van der Waals surface area (Å²) in [5.74, 6) is 0.242. The topological polar surface area (TPSA) is 61.5 Å². The van der Waals surface area contributed by atoms with Gasteiger partial charge in [-0.25, -0.2) is 4.79 Å². The summed E-state index contributed by atoms with van der Waals surface area (Å²) in [4.78, 5) is 11.6. The van der Waals surface area contributed by atoms with E-state index >= 15 is 0 Å². The summed E-state index contributed by atoms with van der Waals surface area (Å²) >= 11 is 0. The van der Waals surface area contributed by atoms with Crippen LogP contribution in [-0.2, 0) is 4.74 Å². The van der Waals surface area contributed by atoms with E-state index in [0.717, 1.165) is 12.8 Å². The molecule has 0 radical (unpaired) electrons. The molecule has 1 aliphatic carbocycles. The molecule has 1 aliphatic rings. The van der Waals surface area contributed by atoms with Gasteiger partial charge in [0.05, 0.1) is 24.0 Å². The van der Waals surface area contributed by atoms with E-state index in [4.69, 9.17) is 15.2 Å². The van der Waals surface area contributed by atoms with Gasteiger partial charge in [-0.05, 0) is 44.4 Å². The zero-order chi connectivity index (χ0) is 12.3. The molecular weight excluding hydrogens is 218 g/mol. The van der Waals surface area contributed by atoms with Crippen LogP contribution in [0.15, 0.2) is 18.2 Å². The average molecular weight is 235 g/mol. The van der Waals surface area contributed by atoms with E-state index in [-0.39, 0.29) is 12.1 Å². The van der Waals surface area contributed by atoms with E-state index in [2.05, 4.69) is 0 Å². The molecule has 4 nitrogen and oxygen atoms in total. The number of nitrogen functional groups attached to an aromatic ring is 1. The standard InChI is InChI=1S/C13H17NO3/c1-2-16-13(15)9-6-7-11(14)12(8-9)17-10-4-3-5-10/h6-8,10H,2-5,14H2,1H3. The van der Waals surface area contributed by atoms with Gasteiger partial charge in [-0.15, -0.1) is 0 Å². The fourth-order valence-electron chi connectivity index (χ4n) is 1.65. The molecule has 1 saturated carbocycles. The Morgan fingerprint density at radius 1 is 1.47 bits per heavy atom. The number of carbonyl (C=O) groups is 1. The SMILES string of the molecule is CCOC(=O)c1ccc(N)c(OC2CCC2)c1. The molecule has 1 aromatic carbocycles. The van der Waals surface area contributed by atoms with E-state index in [1.54, 1.807) is 25.1 Å². The minimum Gasteiger partial charge on any atom is -0.488 e. The number of nitrogens with two attached hydrogens (primary N) is 1. The lowest BCUT2D eigenvalue weighted by Crippen LogP contribution is -2.25. The Morgan fingerprint density at radius 3 is 2.82 bits per heavy atom. The molecule has 2 rings (SSSR count). The fourth-order valence-corrected chi connectivity index (χ4v) is 1.65. The molecule has 0 saturated heterocycles. The Hall–Kier alpha value is -1.71. The molecule has 4 heteroatoms. The molecule has 1 aromatic rings. The summed E-state index contributed by atoms with van der Waals surface area (Å²) in [5, 5.41) is 0. The lowest BCUT2D eigenvalue weighted by atomic mass is 9.96. The predicted octanol–water partition coefficient (Wildman–Crippen LogP) is 2.38. The molecular formula is C13H17NO3. The van der Waals surface area contributed by atoms with Gasteiger partial charge in [0.15, 0.2) is 0 Å². The van der Waals surface area contributed by atoms with Crippen LogP contribution in [0.5, 0.6) is 5.75 Å². The highest BCUT2D eigenvalue weighted by molar-refractivity contribution is 5.90. The van der Waals surface area contributed by atoms with Gasteiger partial charge in [-0.2, -0.15) is 0 Å². The summed E-state index contributed by atoms with van der Waals surface area (Å²) in [6.07, 6.45) is 3.56. The summed E-state index contributed by atoms with van der Waals surface area (Å²) in [5.41, 5.74) is 6.86. The van der Waals surface area contributed by atoms with Crippen molar-refractivity contribution in [2.75, 3.05) is 12.3 Å². The second-order valence-corrected chi connectivity index (χ2v) is 4.14. The Bertz CT molecular complexity index is 413.